The SMILES string of the molecule is c1ccc(N(c2ccccc2)c2ccc3c(c2)c2c4oc5c(ccc6c5c5ccccc5n6-c5ccc6c(c5)c5ccccc5n6-c5ccccc5)c4ccc2n3-c2ccc3oc4ccccc4c3c2)cc1. The van der Waals surface area contributed by atoms with Gasteiger partial charge in [0.25, 0.3) is 0 Å². The van der Waals surface area contributed by atoms with Gasteiger partial charge >= 0.3 is 0 Å². The standard InChI is InChI=1S/C66H40N4O2/c1-4-16-41(17-5-1)67(42-18-6-2-7-19-42)44-28-34-58-54(40-44)64-60(70(58)46-30-37-62-53(39-46)48-23-12-15-27-61(48)71-62)36-32-50-49-31-35-59-63(65(49)72-66(50)64)51-24-11-14-26-56(51)69(59)45-29-33-57-52(38-45)47-22-10-13-25-55(47)68(57)43-20-8-3-9-21-43/h1-40H. The molecule has 11 aromatic carbocycles. The van der Waals surface area contributed by atoms with Gasteiger partial charge in [0.15, 0.2) is 0 Å². The smallest absolute Gasteiger partial charge is 0.145 e. The Labute approximate surface area is 411 Å². The monoisotopic (exact) mass is 920 g/mol. The summed E-state index contributed by atoms with van der Waals surface area (Å²) < 4.78 is 21.0. The van der Waals surface area contributed by atoms with E-state index in [0.717, 1.165) is 122 Å². The second-order valence-corrected chi connectivity index (χ2v) is 18.8. The van der Waals surface area contributed by atoms with E-state index in [-0.39, 0.29) is 0 Å². The zero-order valence-corrected chi connectivity index (χ0v) is 38.7. The molecule has 0 amide bonds. The highest BCUT2D eigenvalue weighted by Crippen LogP contribution is 2.47. The molecular formula is C66H40N4O2. The van der Waals surface area contributed by atoms with Gasteiger partial charge in [-0.1, -0.05) is 109 Å². The zero-order valence-electron chi connectivity index (χ0n) is 38.7. The van der Waals surface area contributed by atoms with E-state index in [1.807, 2.05) is 12.1 Å². The summed E-state index contributed by atoms with van der Waals surface area (Å²) in [7, 11) is 0. The minimum absolute atomic E-state index is 0.865. The molecule has 0 aliphatic carbocycles. The highest BCUT2D eigenvalue weighted by Gasteiger charge is 2.25. The van der Waals surface area contributed by atoms with E-state index in [0.29, 0.717) is 0 Å². The first kappa shape index (κ1) is 39.1. The number of furan rings is 2. The lowest BCUT2D eigenvalue weighted by molar-refractivity contribution is 0.669. The second kappa shape index (κ2) is 14.9. The molecule has 0 unspecified atom stereocenters. The third kappa shape index (κ3) is 5.49. The number of fused-ring (bicyclic) bond motifs is 17. The Morgan fingerprint density at radius 2 is 0.722 bits per heavy atom. The van der Waals surface area contributed by atoms with Crippen LogP contribution in [0.1, 0.15) is 0 Å². The van der Waals surface area contributed by atoms with Crippen LogP contribution in [0.5, 0.6) is 0 Å². The maximum atomic E-state index is 7.50. The number of rotatable bonds is 6. The predicted octanol–water partition coefficient (Wildman–Crippen LogP) is 18.2. The van der Waals surface area contributed by atoms with Gasteiger partial charge in [0.1, 0.15) is 22.3 Å². The number of hydrogen-bond acceptors (Lipinski definition) is 3. The van der Waals surface area contributed by atoms with Crippen molar-refractivity contribution in [3.63, 3.8) is 0 Å². The van der Waals surface area contributed by atoms with Gasteiger partial charge in [0.2, 0.25) is 0 Å². The van der Waals surface area contributed by atoms with Crippen LogP contribution in [0.15, 0.2) is 251 Å². The fraction of sp³-hybridized carbons (Fsp3) is 0. The minimum Gasteiger partial charge on any atom is -0.456 e. The zero-order chi connectivity index (χ0) is 47.0. The van der Waals surface area contributed by atoms with Crippen LogP contribution >= 0.6 is 0 Å². The van der Waals surface area contributed by atoms with E-state index in [4.69, 9.17) is 8.83 Å². The quantitative estimate of drug-likeness (QED) is 0.167. The topological polar surface area (TPSA) is 44.3 Å². The summed E-state index contributed by atoms with van der Waals surface area (Å²) >= 11 is 0. The number of anilines is 3. The summed E-state index contributed by atoms with van der Waals surface area (Å²) in [5.74, 6) is 0. The normalized spacial score (nSPS) is 12.2. The average molecular weight is 921 g/mol. The molecule has 0 aliphatic rings. The summed E-state index contributed by atoms with van der Waals surface area (Å²) in [6, 6.07) is 87.1. The van der Waals surface area contributed by atoms with Crippen LogP contribution in [0.2, 0.25) is 0 Å². The lowest BCUT2D eigenvalue weighted by atomic mass is 10.1. The fourth-order valence-corrected chi connectivity index (χ4v) is 11.9. The largest absolute Gasteiger partial charge is 0.456 e. The van der Waals surface area contributed by atoms with Crippen LogP contribution in [0, 0.1) is 0 Å². The molecule has 0 saturated heterocycles. The summed E-state index contributed by atoms with van der Waals surface area (Å²) in [4.78, 5) is 2.33. The fourth-order valence-electron chi connectivity index (χ4n) is 11.9. The molecule has 16 rings (SSSR count). The van der Waals surface area contributed by atoms with Crippen molar-refractivity contribution in [3.8, 4) is 17.1 Å². The van der Waals surface area contributed by atoms with Crippen molar-refractivity contribution in [1.82, 2.24) is 13.7 Å². The third-order valence-electron chi connectivity index (χ3n) is 15.0. The van der Waals surface area contributed by atoms with Crippen molar-refractivity contribution in [1.29, 1.82) is 0 Å². The van der Waals surface area contributed by atoms with Crippen LogP contribution in [0.3, 0.4) is 0 Å². The molecule has 0 aliphatic heterocycles. The summed E-state index contributed by atoms with van der Waals surface area (Å²) in [6.07, 6.45) is 0. The van der Waals surface area contributed by atoms with Gasteiger partial charge in [-0.25, -0.2) is 0 Å². The highest BCUT2D eigenvalue weighted by molar-refractivity contribution is 6.29. The molecule has 72 heavy (non-hydrogen) atoms. The highest BCUT2D eigenvalue weighted by atomic mass is 16.3. The van der Waals surface area contributed by atoms with Crippen LogP contribution in [0.25, 0.3) is 126 Å². The van der Waals surface area contributed by atoms with Crippen molar-refractivity contribution >= 4 is 126 Å². The van der Waals surface area contributed by atoms with Crippen molar-refractivity contribution in [2.75, 3.05) is 4.90 Å². The number of nitrogens with zero attached hydrogens (tertiary/aromatic N) is 4. The number of aromatic nitrogens is 3. The molecule has 0 N–H and O–H groups in total. The molecule has 0 fully saturated rings. The molecule has 0 saturated carbocycles. The van der Waals surface area contributed by atoms with Crippen molar-refractivity contribution in [2.45, 2.75) is 0 Å². The maximum Gasteiger partial charge on any atom is 0.145 e. The van der Waals surface area contributed by atoms with Gasteiger partial charge in [-0.2, -0.15) is 0 Å². The Morgan fingerprint density at radius 1 is 0.250 bits per heavy atom. The minimum atomic E-state index is 0.865. The number of benzene rings is 11. The lowest BCUT2D eigenvalue weighted by Gasteiger charge is -2.25. The molecule has 0 atom stereocenters. The van der Waals surface area contributed by atoms with E-state index < -0.39 is 0 Å². The molecule has 5 aromatic heterocycles. The van der Waals surface area contributed by atoms with Crippen molar-refractivity contribution < 1.29 is 8.83 Å². The van der Waals surface area contributed by atoms with Crippen molar-refractivity contribution in [2.24, 2.45) is 0 Å². The first-order valence-corrected chi connectivity index (χ1v) is 24.5. The first-order valence-electron chi connectivity index (χ1n) is 24.5. The Bertz CT molecular complexity index is 4820. The Morgan fingerprint density at radius 3 is 1.42 bits per heavy atom. The van der Waals surface area contributed by atoms with E-state index in [1.165, 1.54) is 21.8 Å². The molecule has 0 radical (unpaired) electrons. The van der Waals surface area contributed by atoms with E-state index in [9.17, 15) is 0 Å². The van der Waals surface area contributed by atoms with E-state index in [1.54, 1.807) is 0 Å². The number of para-hydroxylation sites is 6. The predicted molar refractivity (Wildman–Crippen MR) is 299 cm³/mol. The molecule has 5 heterocycles. The Balaban J connectivity index is 0.970. The summed E-state index contributed by atoms with van der Waals surface area (Å²) in [6.45, 7) is 0. The van der Waals surface area contributed by atoms with Gasteiger partial charge in [-0.3, -0.25) is 0 Å². The molecule has 0 spiro atoms. The molecular weight excluding hydrogens is 881 g/mol. The molecule has 6 nitrogen and oxygen atoms in total. The van der Waals surface area contributed by atoms with Crippen LogP contribution in [0.4, 0.5) is 17.1 Å². The van der Waals surface area contributed by atoms with Gasteiger partial charge in [0.05, 0.1) is 43.9 Å². The summed E-state index contributed by atoms with van der Waals surface area (Å²) in [5.41, 5.74) is 16.7. The van der Waals surface area contributed by atoms with Gasteiger partial charge < -0.3 is 27.4 Å². The summed E-state index contributed by atoms with van der Waals surface area (Å²) in [5, 5.41) is 11.2. The number of hydrogen-bond donors (Lipinski definition) is 0. The third-order valence-corrected chi connectivity index (χ3v) is 15.0. The Kier molecular flexibility index (Phi) is 8.07. The molecule has 16 aromatic rings. The Hall–Kier alpha value is -9.78. The molecule has 0 bridgehead atoms. The molecule has 336 valence electrons. The van der Waals surface area contributed by atoms with E-state index >= 15 is 0 Å². The average Bonchev–Trinajstić information content (AvgIpc) is 4.25. The van der Waals surface area contributed by atoms with E-state index in [2.05, 4.69) is 249 Å². The van der Waals surface area contributed by atoms with Gasteiger partial charge in [-0.15, -0.1) is 0 Å². The van der Waals surface area contributed by atoms with Crippen LogP contribution in [-0.2, 0) is 0 Å². The molecule has 6 heteroatoms. The van der Waals surface area contributed by atoms with Crippen molar-refractivity contribution in [3.05, 3.63) is 243 Å². The van der Waals surface area contributed by atoms with Gasteiger partial charge in [-0.05, 0) is 133 Å². The first-order chi connectivity index (χ1) is 35.7. The van der Waals surface area contributed by atoms with Gasteiger partial charge in [0, 0.05) is 77.2 Å². The second-order valence-electron chi connectivity index (χ2n) is 18.8. The lowest BCUT2D eigenvalue weighted by Crippen LogP contribution is -2.09. The maximum absolute atomic E-state index is 7.50. The van der Waals surface area contributed by atoms with Crippen LogP contribution in [-0.4, -0.2) is 13.7 Å². The van der Waals surface area contributed by atoms with Crippen LogP contribution < -0.4 is 4.90 Å².